The van der Waals surface area contributed by atoms with Crippen molar-refractivity contribution < 1.29 is 9.21 Å². The summed E-state index contributed by atoms with van der Waals surface area (Å²) >= 11 is 0. The van der Waals surface area contributed by atoms with Gasteiger partial charge >= 0.3 is 5.63 Å². The van der Waals surface area contributed by atoms with E-state index in [0.717, 1.165) is 42.8 Å². The minimum absolute atomic E-state index is 0.0174. The highest BCUT2D eigenvalue weighted by molar-refractivity contribution is 5.96. The Morgan fingerprint density at radius 3 is 3.00 bits per heavy atom. The third kappa shape index (κ3) is 3.24. The second-order valence-electron chi connectivity index (χ2n) is 6.49. The van der Waals surface area contributed by atoms with Crippen LogP contribution in [0.2, 0.25) is 0 Å². The third-order valence-electron chi connectivity index (χ3n) is 4.71. The summed E-state index contributed by atoms with van der Waals surface area (Å²) in [6.45, 7) is 1.32. The zero-order valence-corrected chi connectivity index (χ0v) is 14.4. The number of aromatic nitrogens is 3. The van der Waals surface area contributed by atoms with Gasteiger partial charge in [-0.3, -0.25) is 4.79 Å². The number of nitrogens with zero attached hydrogens (tertiary/aromatic N) is 3. The number of benzene rings is 1. The molecule has 1 aliphatic rings. The molecule has 0 radical (unpaired) electrons. The molecule has 3 heterocycles. The average molecular weight is 352 g/mol. The number of nitrogens with one attached hydrogen (secondary N) is 1. The van der Waals surface area contributed by atoms with Crippen LogP contribution in [0.25, 0.3) is 11.0 Å². The van der Waals surface area contributed by atoms with Gasteiger partial charge in [-0.05, 0) is 25.0 Å². The topological polar surface area (TPSA) is 90.0 Å². The Bertz CT molecular complexity index is 1010. The standard InChI is InChI=1S/C19H20N4O3/c24-18(14-12-13-6-3-4-7-15(13)26-19(14)25)20-10-9-17-22-21-16-8-2-1-5-11-23(16)17/h3-4,6-7,12H,1-2,5,8-11H2,(H,20,24). The summed E-state index contributed by atoms with van der Waals surface area (Å²) in [5.41, 5.74) is -0.137. The number of para-hydroxylation sites is 1. The monoisotopic (exact) mass is 352 g/mol. The largest absolute Gasteiger partial charge is 0.422 e. The van der Waals surface area contributed by atoms with E-state index in [9.17, 15) is 9.59 Å². The molecule has 0 fully saturated rings. The van der Waals surface area contributed by atoms with Crippen LogP contribution in [-0.4, -0.2) is 27.2 Å². The maximum atomic E-state index is 12.4. The minimum atomic E-state index is -0.627. The summed E-state index contributed by atoms with van der Waals surface area (Å²) in [6.07, 6.45) is 5.02. The molecule has 0 saturated carbocycles. The zero-order valence-electron chi connectivity index (χ0n) is 14.4. The number of hydrogen-bond acceptors (Lipinski definition) is 5. The maximum Gasteiger partial charge on any atom is 0.349 e. The van der Waals surface area contributed by atoms with E-state index in [1.54, 1.807) is 24.3 Å². The van der Waals surface area contributed by atoms with E-state index in [4.69, 9.17) is 4.42 Å². The van der Waals surface area contributed by atoms with E-state index in [-0.39, 0.29) is 5.56 Å². The van der Waals surface area contributed by atoms with Crippen molar-refractivity contribution in [2.24, 2.45) is 0 Å². The number of rotatable bonds is 4. The molecule has 0 atom stereocenters. The summed E-state index contributed by atoms with van der Waals surface area (Å²) in [6, 6.07) is 8.70. The van der Waals surface area contributed by atoms with Crippen molar-refractivity contribution in [3.8, 4) is 0 Å². The number of aryl methyl sites for hydroxylation is 1. The highest BCUT2D eigenvalue weighted by Gasteiger charge is 2.16. The Morgan fingerprint density at radius 2 is 2.08 bits per heavy atom. The van der Waals surface area contributed by atoms with Crippen molar-refractivity contribution in [1.82, 2.24) is 20.1 Å². The van der Waals surface area contributed by atoms with Gasteiger partial charge in [0.15, 0.2) is 0 Å². The predicted octanol–water partition coefficient (Wildman–Crippen LogP) is 2.08. The first-order valence-corrected chi connectivity index (χ1v) is 8.94. The van der Waals surface area contributed by atoms with Crippen molar-refractivity contribution in [1.29, 1.82) is 0 Å². The molecule has 1 amide bonds. The first kappa shape index (κ1) is 16.5. The normalized spacial score (nSPS) is 14.0. The molecule has 3 aromatic rings. The number of hydrogen-bond donors (Lipinski definition) is 1. The van der Waals surface area contributed by atoms with Crippen LogP contribution in [0.15, 0.2) is 39.5 Å². The van der Waals surface area contributed by atoms with Gasteiger partial charge < -0.3 is 14.3 Å². The number of amides is 1. The van der Waals surface area contributed by atoms with Crippen molar-refractivity contribution in [2.75, 3.05) is 6.54 Å². The molecule has 4 rings (SSSR count). The molecule has 1 aliphatic heterocycles. The van der Waals surface area contributed by atoms with Crippen LogP contribution in [0.3, 0.4) is 0 Å². The molecule has 0 spiro atoms. The first-order chi connectivity index (χ1) is 12.7. The van der Waals surface area contributed by atoms with Crippen LogP contribution in [0.4, 0.5) is 0 Å². The van der Waals surface area contributed by atoms with E-state index in [0.29, 0.717) is 18.5 Å². The molecule has 0 aliphatic carbocycles. The van der Waals surface area contributed by atoms with Gasteiger partial charge in [-0.2, -0.15) is 0 Å². The summed E-state index contributed by atoms with van der Waals surface area (Å²) in [7, 11) is 0. The van der Waals surface area contributed by atoms with Gasteiger partial charge in [0.05, 0.1) is 0 Å². The predicted molar refractivity (Wildman–Crippen MR) is 96.1 cm³/mol. The first-order valence-electron chi connectivity index (χ1n) is 8.94. The fraction of sp³-hybridized carbons (Fsp3) is 0.368. The average Bonchev–Trinajstić information content (AvgIpc) is 2.87. The van der Waals surface area contributed by atoms with Gasteiger partial charge in [0.25, 0.3) is 5.91 Å². The highest BCUT2D eigenvalue weighted by atomic mass is 16.4. The van der Waals surface area contributed by atoms with Crippen molar-refractivity contribution in [2.45, 2.75) is 38.6 Å². The highest BCUT2D eigenvalue weighted by Crippen LogP contribution is 2.15. The lowest BCUT2D eigenvalue weighted by Crippen LogP contribution is -2.30. The Hall–Kier alpha value is -2.96. The molecule has 7 heteroatoms. The molecular weight excluding hydrogens is 332 g/mol. The SMILES string of the molecule is O=C(NCCc1nnc2n1CCCCC2)c1cc2ccccc2oc1=O. The summed E-state index contributed by atoms with van der Waals surface area (Å²) in [5, 5.41) is 12.0. The lowest BCUT2D eigenvalue weighted by Gasteiger charge is -2.08. The fourth-order valence-electron chi connectivity index (χ4n) is 3.33. The lowest BCUT2D eigenvalue weighted by molar-refractivity contribution is 0.0950. The van der Waals surface area contributed by atoms with Gasteiger partial charge in [-0.1, -0.05) is 24.6 Å². The molecule has 26 heavy (non-hydrogen) atoms. The second-order valence-corrected chi connectivity index (χ2v) is 6.49. The molecule has 2 aromatic heterocycles. The molecule has 1 N–H and O–H groups in total. The van der Waals surface area contributed by atoms with E-state index >= 15 is 0 Å². The molecule has 7 nitrogen and oxygen atoms in total. The van der Waals surface area contributed by atoms with Crippen LogP contribution in [0, 0.1) is 0 Å². The number of carbonyl (C=O) groups is 1. The lowest BCUT2D eigenvalue weighted by atomic mass is 10.2. The van der Waals surface area contributed by atoms with Crippen molar-refractivity contribution in [3.05, 3.63) is 58.0 Å². The van der Waals surface area contributed by atoms with E-state index in [1.807, 2.05) is 6.07 Å². The fourth-order valence-corrected chi connectivity index (χ4v) is 3.33. The van der Waals surface area contributed by atoms with Crippen LogP contribution in [-0.2, 0) is 19.4 Å². The molecule has 1 aromatic carbocycles. The Kier molecular flexibility index (Phi) is 4.51. The third-order valence-corrected chi connectivity index (χ3v) is 4.71. The van der Waals surface area contributed by atoms with Gasteiger partial charge in [0, 0.05) is 31.3 Å². The zero-order chi connectivity index (χ0) is 17.9. The molecule has 0 bridgehead atoms. The second kappa shape index (κ2) is 7.11. The summed E-state index contributed by atoms with van der Waals surface area (Å²) in [5.74, 6) is 1.48. The number of fused-ring (bicyclic) bond motifs is 2. The molecular formula is C19H20N4O3. The van der Waals surface area contributed by atoms with E-state index in [2.05, 4.69) is 20.1 Å². The molecule has 134 valence electrons. The van der Waals surface area contributed by atoms with E-state index < -0.39 is 11.5 Å². The van der Waals surface area contributed by atoms with E-state index in [1.165, 1.54) is 6.42 Å². The quantitative estimate of drug-likeness (QED) is 0.726. The van der Waals surface area contributed by atoms with Crippen LogP contribution in [0.1, 0.15) is 41.3 Å². The van der Waals surface area contributed by atoms with Crippen LogP contribution < -0.4 is 10.9 Å². The minimum Gasteiger partial charge on any atom is -0.422 e. The van der Waals surface area contributed by atoms with Gasteiger partial charge in [-0.15, -0.1) is 10.2 Å². The van der Waals surface area contributed by atoms with Gasteiger partial charge in [0.2, 0.25) is 0 Å². The summed E-state index contributed by atoms with van der Waals surface area (Å²) < 4.78 is 7.37. The Labute approximate surface area is 150 Å². The van der Waals surface area contributed by atoms with Gasteiger partial charge in [0.1, 0.15) is 22.8 Å². The van der Waals surface area contributed by atoms with Gasteiger partial charge in [-0.25, -0.2) is 4.79 Å². The maximum absolute atomic E-state index is 12.4. The molecule has 0 unspecified atom stereocenters. The summed E-state index contributed by atoms with van der Waals surface area (Å²) in [4.78, 5) is 24.4. The van der Waals surface area contributed by atoms with Crippen molar-refractivity contribution >= 4 is 16.9 Å². The smallest absolute Gasteiger partial charge is 0.349 e. The number of carbonyl (C=O) groups excluding carboxylic acids is 1. The van der Waals surface area contributed by atoms with Crippen LogP contribution >= 0.6 is 0 Å². The van der Waals surface area contributed by atoms with Crippen LogP contribution in [0.5, 0.6) is 0 Å². The Morgan fingerprint density at radius 1 is 1.19 bits per heavy atom. The Balaban J connectivity index is 1.44. The molecule has 0 saturated heterocycles. The van der Waals surface area contributed by atoms with Crippen molar-refractivity contribution in [3.63, 3.8) is 0 Å².